The third-order valence-electron chi connectivity index (χ3n) is 5.91. The van der Waals surface area contributed by atoms with Crippen LogP contribution < -0.4 is 10.1 Å². The highest BCUT2D eigenvalue weighted by Gasteiger charge is 2.33. The van der Waals surface area contributed by atoms with Crippen molar-refractivity contribution in [1.29, 1.82) is 0 Å². The van der Waals surface area contributed by atoms with Gasteiger partial charge in [-0.3, -0.25) is 9.78 Å². The molecule has 1 atom stereocenters. The molecule has 2 heterocycles. The summed E-state index contributed by atoms with van der Waals surface area (Å²) in [6.45, 7) is 2.18. The van der Waals surface area contributed by atoms with Gasteiger partial charge in [0.2, 0.25) is 5.91 Å². The number of piperidine rings is 1. The van der Waals surface area contributed by atoms with Gasteiger partial charge in [-0.15, -0.1) is 0 Å². The Bertz CT molecular complexity index is 1040. The van der Waals surface area contributed by atoms with E-state index in [1.807, 2.05) is 42.5 Å². The Hall–Kier alpha value is -2.96. The van der Waals surface area contributed by atoms with Crippen molar-refractivity contribution in [2.45, 2.75) is 18.9 Å². The van der Waals surface area contributed by atoms with Crippen molar-refractivity contribution >= 4 is 17.5 Å². The number of aromatic nitrogens is 1. The molecule has 1 aliphatic rings. The minimum absolute atomic E-state index is 0.00400. The molecule has 172 valence electrons. The molecule has 1 aromatic heterocycles. The van der Waals surface area contributed by atoms with Crippen molar-refractivity contribution in [2.24, 2.45) is 5.92 Å². The Kier molecular flexibility index (Phi) is 7.92. The summed E-state index contributed by atoms with van der Waals surface area (Å²) < 4.78 is 20.9. The third-order valence-corrected chi connectivity index (χ3v) is 6.16. The molecule has 7 heteroatoms. The Morgan fingerprint density at radius 1 is 1.12 bits per heavy atom. The summed E-state index contributed by atoms with van der Waals surface area (Å²) in [5, 5.41) is 3.88. The van der Waals surface area contributed by atoms with Crippen molar-refractivity contribution in [2.75, 3.05) is 26.2 Å². The summed E-state index contributed by atoms with van der Waals surface area (Å²) in [6, 6.07) is 17.7. The number of nitrogens with one attached hydrogen (secondary N) is 1. The highest BCUT2D eigenvalue weighted by atomic mass is 35.5. The predicted molar refractivity (Wildman–Crippen MR) is 127 cm³/mol. The van der Waals surface area contributed by atoms with Crippen LogP contribution in [0, 0.1) is 11.7 Å². The first-order valence-corrected chi connectivity index (χ1v) is 11.5. The number of rotatable bonds is 8. The number of ether oxygens (including phenoxy) is 1. The molecule has 1 saturated heterocycles. The van der Waals surface area contributed by atoms with Gasteiger partial charge in [0.05, 0.1) is 18.8 Å². The maximum atomic E-state index is 15.0. The molecule has 3 aromatic rings. The van der Waals surface area contributed by atoms with Crippen LogP contribution in [0.3, 0.4) is 0 Å². The zero-order valence-electron chi connectivity index (χ0n) is 18.3. The minimum Gasteiger partial charge on any atom is -0.492 e. The highest BCUT2D eigenvalue weighted by Crippen LogP contribution is 2.33. The molecule has 4 rings (SSSR count). The predicted octanol–water partition coefficient (Wildman–Crippen LogP) is 4.87. The number of carbonyl (C=O) groups is 1. The van der Waals surface area contributed by atoms with Crippen LogP contribution in [0.5, 0.6) is 5.75 Å². The van der Waals surface area contributed by atoms with E-state index in [9.17, 15) is 9.18 Å². The van der Waals surface area contributed by atoms with E-state index in [1.165, 1.54) is 6.20 Å². The van der Waals surface area contributed by atoms with Crippen LogP contribution in [-0.4, -0.2) is 42.0 Å². The van der Waals surface area contributed by atoms with Gasteiger partial charge >= 0.3 is 0 Å². The fraction of sp³-hybridized carbons (Fsp3) is 0.308. The second-order valence-electron chi connectivity index (χ2n) is 8.07. The molecule has 0 aliphatic carbocycles. The molecule has 1 amide bonds. The van der Waals surface area contributed by atoms with Gasteiger partial charge in [-0.05, 0) is 61.8 Å². The zero-order chi connectivity index (χ0) is 23.0. The molecule has 1 fully saturated rings. The van der Waals surface area contributed by atoms with Gasteiger partial charge in [0.25, 0.3) is 0 Å². The fourth-order valence-corrected chi connectivity index (χ4v) is 4.35. The van der Waals surface area contributed by atoms with Crippen molar-refractivity contribution in [3.63, 3.8) is 0 Å². The monoisotopic (exact) mass is 467 g/mol. The summed E-state index contributed by atoms with van der Waals surface area (Å²) >= 11 is 6.12. The van der Waals surface area contributed by atoms with Gasteiger partial charge in [-0.25, -0.2) is 4.39 Å². The topological polar surface area (TPSA) is 54.5 Å². The standard InChI is InChI=1S/C26H27ClFN3O2/c27-21-8-6-19(7-9-21)25(23-12-15-30-18-24(23)28)31(26(32)20-10-13-29-14-11-20)16-17-33-22-4-2-1-3-5-22/h1-9,12,15,18,20,25,29H,10-11,13-14,16-17H2. The van der Waals surface area contributed by atoms with Gasteiger partial charge in [0.15, 0.2) is 0 Å². The number of amides is 1. The molecule has 33 heavy (non-hydrogen) atoms. The van der Waals surface area contributed by atoms with E-state index in [-0.39, 0.29) is 18.4 Å². The summed E-state index contributed by atoms with van der Waals surface area (Å²) in [7, 11) is 0. The lowest BCUT2D eigenvalue weighted by atomic mass is 9.92. The Labute approximate surface area is 198 Å². The van der Waals surface area contributed by atoms with E-state index in [0.29, 0.717) is 17.1 Å². The molecule has 0 spiro atoms. The number of benzene rings is 2. The third kappa shape index (κ3) is 5.89. The fourth-order valence-electron chi connectivity index (χ4n) is 4.23. The first-order valence-electron chi connectivity index (χ1n) is 11.2. The van der Waals surface area contributed by atoms with Gasteiger partial charge in [-0.1, -0.05) is 41.9 Å². The molecule has 1 unspecified atom stereocenters. The lowest BCUT2D eigenvalue weighted by Gasteiger charge is -2.36. The lowest BCUT2D eigenvalue weighted by molar-refractivity contribution is -0.138. The smallest absolute Gasteiger partial charge is 0.226 e. The average Bonchev–Trinajstić information content (AvgIpc) is 2.86. The number of pyridine rings is 1. The molecule has 1 N–H and O–H groups in total. The normalized spacial score (nSPS) is 15.1. The largest absolute Gasteiger partial charge is 0.492 e. The van der Waals surface area contributed by atoms with E-state index in [4.69, 9.17) is 16.3 Å². The second-order valence-corrected chi connectivity index (χ2v) is 8.51. The van der Waals surface area contributed by atoms with Crippen LogP contribution in [0.25, 0.3) is 0 Å². The number of carbonyl (C=O) groups excluding carboxylic acids is 1. The molecular weight excluding hydrogens is 441 g/mol. The second kappa shape index (κ2) is 11.3. The van der Waals surface area contributed by atoms with Crippen molar-refractivity contribution in [3.8, 4) is 5.75 Å². The first kappa shape index (κ1) is 23.2. The van der Waals surface area contributed by atoms with Crippen molar-refractivity contribution < 1.29 is 13.9 Å². The van der Waals surface area contributed by atoms with Crippen LogP contribution in [0.2, 0.25) is 5.02 Å². The molecular formula is C26H27ClFN3O2. The van der Waals surface area contributed by atoms with Gasteiger partial charge < -0.3 is 15.0 Å². The molecule has 0 radical (unpaired) electrons. The van der Waals surface area contributed by atoms with E-state index in [0.717, 1.165) is 37.2 Å². The summed E-state index contributed by atoms with van der Waals surface area (Å²) in [5.74, 6) is 0.154. The molecule has 5 nitrogen and oxygen atoms in total. The molecule has 0 saturated carbocycles. The van der Waals surface area contributed by atoms with Crippen molar-refractivity contribution in [1.82, 2.24) is 15.2 Å². The number of nitrogens with zero attached hydrogens (tertiary/aromatic N) is 2. The Morgan fingerprint density at radius 2 is 1.85 bits per heavy atom. The SMILES string of the molecule is O=C(C1CCNCC1)N(CCOc1ccccc1)C(c1ccc(Cl)cc1)c1ccncc1F. The summed E-state index contributed by atoms with van der Waals surface area (Å²) in [5.41, 5.74) is 1.18. The zero-order valence-corrected chi connectivity index (χ0v) is 19.0. The van der Waals surface area contributed by atoms with Crippen molar-refractivity contribution in [3.05, 3.63) is 95.0 Å². The van der Waals surface area contributed by atoms with Crippen LogP contribution in [0.4, 0.5) is 4.39 Å². The maximum Gasteiger partial charge on any atom is 0.226 e. The van der Waals surface area contributed by atoms with E-state index in [1.54, 1.807) is 29.3 Å². The summed E-state index contributed by atoms with van der Waals surface area (Å²) in [4.78, 5) is 19.4. The lowest BCUT2D eigenvalue weighted by Crippen LogP contribution is -2.45. The van der Waals surface area contributed by atoms with E-state index < -0.39 is 11.9 Å². The molecule has 2 aromatic carbocycles. The van der Waals surface area contributed by atoms with E-state index in [2.05, 4.69) is 10.3 Å². The van der Waals surface area contributed by atoms with Crippen LogP contribution in [0.15, 0.2) is 73.1 Å². The van der Waals surface area contributed by atoms with Gasteiger partial charge in [-0.2, -0.15) is 0 Å². The van der Waals surface area contributed by atoms with Crippen LogP contribution in [-0.2, 0) is 4.79 Å². The van der Waals surface area contributed by atoms with Crippen LogP contribution in [0.1, 0.15) is 30.0 Å². The van der Waals surface area contributed by atoms with Gasteiger partial charge in [0, 0.05) is 22.7 Å². The number of para-hydroxylation sites is 1. The average molecular weight is 468 g/mol. The minimum atomic E-state index is -0.618. The first-order chi connectivity index (χ1) is 16.1. The number of hydrogen-bond donors (Lipinski definition) is 1. The molecule has 1 aliphatic heterocycles. The number of halogens is 2. The van der Waals surface area contributed by atoms with Crippen LogP contribution >= 0.6 is 11.6 Å². The Balaban J connectivity index is 1.68. The van der Waals surface area contributed by atoms with Gasteiger partial charge in [0.1, 0.15) is 18.2 Å². The summed E-state index contributed by atoms with van der Waals surface area (Å²) in [6.07, 6.45) is 4.24. The number of hydrogen-bond acceptors (Lipinski definition) is 4. The maximum absolute atomic E-state index is 15.0. The quantitative estimate of drug-likeness (QED) is 0.513. The molecule has 0 bridgehead atoms. The highest BCUT2D eigenvalue weighted by molar-refractivity contribution is 6.30. The Morgan fingerprint density at radius 3 is 2.55 bits per heavy atom. The van der Waals surface area contributed by atoms with E-state index >= 15 is 0 Å².